The van der Waals surface area contributed by atoms with Crippen molar-refractivity contribution in [3.63, 3.8) is 0 Å². The van der Waals surface area contributed by atoms with Gasteiger partial charge in [0.15, 0.2) is 0 Å². The first-order chi connectivity index (χ1) is 12.7. The Balaban J connectivity index is 1.58. The van der Waals surface area contributed by atoms with E-state index in [0.717, 1.165) is 57.8 Å². The molecule has 2 N–H and O–H groups in total. The number of piperidine rings is 1. The summed E-state index contributed by atoms with van der Waals surface area (Å²) in [7, 11) is 0. The number of hydrogen-bond donors (Lipinski definition) is 1. The van der Waals surface area contributed by atoms with Gasteiger partial charge in [-0.3, -0.25) is 14.5 Å². The zero-order valence-corrected chi connectivity index (χ0v) is 16.8. The highest BCUT2D eigenvalue weighted by Crippen LogP contribution is 2.24. The number of carbonyl (C=O) groups is 2. The van der Waals surface area contributed by atoms with E-state index in [2.05, 4.69) is 35.5 Å². The highest BCUT2D eigenvalue weighted by molar-refractivity contribution is 5.93. The van der Waals surface area contributed by atoms with Crippen molar-refractivity contribution in [2.75, 3.05) is 44.2 Å². The molecule has 1 aromatic carbocycles. The van der Waals surface area contributed by atoms with Gasteiger partial charge in [0.2, 0.25) is 11.8 Å². The molecule has 2 aliphatic rings. The van der Waals surface area contributed by atoms with Crippen LogP contribution in [0.15, 0.2) is 24.3 Å². The normalized spacial score (nSPS) is 22.2. The molecular formula is C21H32N4O2. The van der Waals surface area contributed by atoms with Gasteiger partial charge in [0, 0.05) is 50.5 Å². The summed E-state index contributed by atoms with van der Waals surface area (Å²) >= 11 is 0. The topological polar surface area (TPSA) is 69.9 Å². The Bertz CT molecular complexity index is 672. The van der Waals surface area contributed by atoms with E-state index in [1.54, 1.807) is 12.1 Å². The molecule has 1 unspecified atom stereocenters. The monoisotopic (exact) mass is 372 g/mol. The van der Waals surface area contributed by atoms with Crippen LogP contribution in [0, 0.1) is 5.41 Å². The van der Waals surface area contributed by atoms with Crippen molar-refractivity contribution in [3.05, 3.63) is 29.8 Å². The van der Waals surface area contributed by atoms with Crippen LogP contribution in [-0.2, 0) is 4.79 Å². The summed E-state index contributed by atoms with van der Waals surface area (Å²) in [4.78, 5) is 30.9. The van der Waals surface area contributed by atoms with Crippen LogP contribution in [0.25, 0.3) is 0 Å². The summed E-state index contributed by atoms with van der Waals surface area (Å²) in [5.41, 5.74) is 7.08. The molecule has 2 heterocycles. The summed E-state index contributed by atoms with van der Waals surface area (Å²) in [6, 6.07) is 7.48. The Morgan fingerprint density at radius 1 is 1.07 bits per heavy atom. The van der Waals surface area contributed by atoms with Crippen molar-refractivity contribution in [1.82, 2.24) is 9.80 Å². The minimum absolute atomic E-state index is 0.0282. The SMILES string of the molecule is CC(C)(C)CN1CCCC(N2CCN(c3ccc(C(N)=O)cc3)CC2)C1=O. The number of nitrogens with two attached hydrogens (primary N) is 1. The summed E-state index contributed by atoms with van der Waals surface area (Å²) < 4.78 is 0. The third kappa shape index (κ3) is 4.80. The van der Waals surface area contributed by atoms with Gasteiger partial charge in [-0.25, -0.2) is 0 Å². The number of likely N-dealkylation sites (tertiary alicyclic amines) is 1. The van der Waals surface area contributed by atoms with Crippen molar-refractivity contribution in [2.45, 2.75) is 39.7 Å². The second kappa shape index (κ2) is 7.89. The van der Waals surface area contributed by atoms with Crippen molar-refractivity contribution >= 4 is 17.5 Å². The molecule has 27 heavy (non-hydrogen) atoms. The van der Waals surface area contributed by atoms with Gasteiger partial charge in [-0.05, 0) is 42.5 Å². The van der Waals surface area contributed by atoms with Crippen LogP contribution in [-0.4, -0.2) is 66.9 Å². The summed E-state index contributed by atoms with van der Waals surface area (Å²) in [6.45, 7) is 11.8. The molecule has 0 spiro atoms. The number of rotatable bonds is 4. The minimum Gasteiger partial charge on any atom is -0.369 e. The zero-order valence-electron chi connectivity index (χ0n) is 16.8. The number of carbonyl (C=O) groups excluding carboxylic acids is 2. The molecular weight excluding hydrogens is 340 g/mol. The van der Waals surface area contributed by atoms with E-state index in [9.17, 15) is 9.59 Å². The fraction of sp³-hybridized carbons (Fsp3) is 0.619. The summed E-state index contributed by atoms with van der Waals surface area (Å²) in [6.07, 6.45) is 2.05. The van der Waals surface area contributed by atoms with Crippen LogP contribution in [0.4, 0.5) is 5.69 Å². The van der Waals surface area contributed by atoms with Crippen LogP contribution in [0.3, 0.4) is 0 Å². The molecule has 0 bridgehead atoms. The van der Waals surface area contributed by atoms with Gasteiger partial charge in [-0.15, -0.1) is 0 Å². The molecule has 1 atom stereocenters. The fourth-order valence-corrected chi connectivity index (χ4v) is 4.12. The van der Waals surface area contributed by atoms with E-state index >= 15 is 0 Å². The molecule has 2 saturated heterocycles. The van der Waals surface area contributed by atoms with Gasteiger partial charge < -0.3 is 15.5 Å². The van der Waals surface area contributed by atoms with E-state index in [1.807, 2.05) is 12.1 Å². The van der Waals surface area contributed by atoms with Crippen molar-refractivity contribution in [1.29, 1.82) is 0 Å². The molecule has 0 aliphatic carbocycles. The van der Waals surface area contributed by atoms with Gasteiger partial charge in [0.05, 0.1) is 6.04 Å². The molecule has 2 aliphatic heterocycles. The molecule has 3 rings (SSSR count). The van der Waals surface area contributed by atoms with Crippen LogP contribution < -0.4 is 10.6 Å². The van der Waals surface area contributed by atoms with E-state index in [4.69, 9.17) is 5.73 Å². The molecule has 6 nitrogen and oxygen atoms in total. The molecule has 2 amide bonds. The number of amides is 2. The fourth-order valence-electron chi connectivity index (χ4n) is 4.12. The lowest BCUT2D eigenvalue weighted by Crippen LogP contribution is -2.58. The average molecular weight is 373 g/mol. The van der Waals surface area contributed by atoms with Crippen LogP contribution >= 0.6 is 0 Å². The maximum atomic E-state index is 13.0. The van der Waals surface area contributed by atoms with E-state index in [-0.39, 0.29) is 11.5 Å². The quantitative estimate of drug-likeness (QED) is 0.877. The lowest BCUT2D eigenvalue weighted by Gasteiger charge is -2.44. The van der Waals surface area contributed by atoms with Crippen LogP contribution in [0.1, 0.15) is 44.0 Å². The first-order valence-corrected chi connectivity index (χ1v) is 9.92. The number of anilines is 1. The van der Waals surface area contributed by atoms with E-state index < -0.39 is 5.91 Å². The van der Waals surface area contributed by atoms with Gasteiger partial charge >= 0.3 is 0 Å². The highest BCUT2D eigenvalue weighted by Gasteiger charge is 2.35. The number of primary amides is 1. The largest absolute Gasteiger partial charge is 0.369 e. The predicted octanol–water partition coefficient (Wildman–Crippen LogP) is 1.94. The minimum atomic E-state index is -0.401. The van der Waals surface area contributed by atoms with Gasteiger partial charge in [0.1, 0.15) is 0 Å². The Morgan fingerprint density at radius 3 is 2.26 bits per heavy atom. The Kier molecular flexibility index (Phi) is 5.75. The van der Waals surface area contributed by atoms with Crippen LogP contribution in [0.5, 0.6) is 0 Å². The Morgan fingerprint density at radius 2 is 1.70 bits per heavy atom. The second-order valence-electron chi connectivity index (χ2n) is 8.91. The molecule has 0 radical (unpaired) electrons. The van der Waals surface area contributed by atoms with Gasteiger partial charge in [-0.1, -0.05) is 20.8 Å². The first kappa shape index (κ1) is 19.7. The Labute approximate surface area is 162 Å². The number of benzene rings is 1. The zero-order chi connectivity index (χ0) is 19.6. The van der Waals surface area contributed by atoms with E-state index in [0.29, 0.717) is 11.5 Å². The number of piperazine rings is 1. The average Bonchev–Trinajstić information content (AvgIpc) is 2.63. The standard InChI is InChI=1S/C21H32N4O2/c1-21(2,3)15-25-10-4-5-18(20(25)27)24-13-11-23(12-14-24)17-8-6-16(7-9-17)19(22)26/h6-9,18H,4-5,10-15H2,1-3H3,(H2,22,26). The molecule has 2 fully saturated rings. The van der Waals surface area contributed by atoms with Crippen molar-refractivity contribution < 1.29 is 9.59 Å². The van der Waals surface area contributed by atoms with Crippen LogP contribution in [0.2, 0.25) is 0 Å². The molecule has 0 saturated carbocycles. The lowest BCUT2D eigenvalue weighted by atomic mass is 9.93. The molecule has 6 heteroatoms. The maximum absolute atomic E-state index is 13.0. The second-order valence-corrected chi connectivity index (χ2v) is 8.91. The first-order valence-electron chi connectivity index (χ1n) is 9.92. The third-order valence-corrected chi connectivity index (χ3v) is 5.44. The number of hydrogen-bond acceptors (Lipinski definition) is 4. The maximum Gasteiger partial charge on any atom is 0.248 e. The smallest absolute Gasteiger partial charge is 0.248 e. The highest BCUT2D eigenvalue weighted by atomic mass is 16.2. The predicted molar refractivity (Wildman–Crippen MR) is 108 cm³/mol. The summed E-state index contributed by atoms with van der Waals surface area (Å²) in [5, 5.41) is 0. The van der Waals surface area contributed by atoms with Gasteiger partial charge in [0.25, 0.3) is 0 Å². The van der Waals surface area contributed by atoms with Gasteiger partial charge in [-0.2, -0.15) is 0 Å². The molecule has 148 valence electrons. The lowest BCUT2D eigenvalue weighted by molar-refractivity contribution is -0.141. The summed E-state index contributed by atoms with van der Waals surface area (Å²) in [5.74, 6) is -0.0996. The Hall–Kier alpha value is -2.08. The van der Waals surface area contributed by atoms with E-state index in [1.165, 1.54) is 0 Å². The van der Waals surface area contributed by atoms with Crippen molar-refractivity contribution in [2.24, 2.45) is 11.1 Å². The van der Waals surface area contributed by atoms with Crippen molar-refractivity contribution in [3.8, 4) is 0 Å². The third-order valence-electron chi connectivity index (χ3n) is 5.44. The molecule has 1 aromatic rings. The molecule has 0 aromatic heterocycles. The number of nitrogens with zero attached hydrogens (tertiary/aromatic N) is 3.